The zero-order valence-electron chi connectivity index (χ0n) is 16.6. The minimum Gasteiger partial charge on any atom is -0.490 e. The molecule has 1 atom stereocenters. The number of hydrogen-bond acceptors (Lipinski definition) is 3. The van der Waals surface area contributed by atoms with Crippen LogP contribution in [0.2, 0.25) is 0 Å². The van der Waals surface area contributed by atoms with Crippen LogP contribution in [-0.4, -0.2) is 13.2 Å². The van der Waals surface area contributed by atoms with E-state index in [0.29, 0.717) is 5.92 Å². The summed E-state index contributed by atoms with van der Waals surface area (Å²) in [5.74, 6) is 2.60. The molecule has 0 saturated carbocycles. The van der Waals surface area contributed by atoms with E-state index in [1.807, 2.05) is 32.0 Å². The van der Waals surface area contributed by atoms with E-state index in [4.69, 9.17) is 9.15 Å². The van der Waals surface area contributed by atoms with Gasteiger partial charge in [0.25, 0.3) is 0 Å². The van der Waals surface area contributed by atoms with Gasteiger partial charge in [-0.1, -0.05) is 52.0 Å². The highest BCUT2D eigenvalue weighted by atomic mass is 16.5. The van der Waals surface area contributed by atoms with Crippen molar-refractivity contribution in [3.63, 3.8) is 0 Å². The molecule has 0 spiro atoms. The van der Waals surface area contributed by atoms with Gasteiger partial charge in [-0.05, 0) is 43.2 Å². The van der Waals surface area contributed by atoms with Gasteiger partial charge in [-0.25, -0.2) is 0 Å². The summed E-state index contributed by atoms with van der Waals surface area (Å²) in [6.07, 6.45) is 1.12. The second-order valence-corrected chi connectivity index (χ2v) is 6.27. The fraction of sp³-hybridized carbons (Fsp3) is 0.391. The number of benzene rings is 2. The summed E-state index contributed by atoms with van der Waals surface area (Å²) < 4.78 is 11.2. The first kappa shape index (κ1) is 19.9. The van der Waals surface area contributed by atoms with E-state index >= 15 is 0 Å². The Kier molecular flexibility index (Phi) is 7.58. The van der Waals surface area contributed by atoms with Crippen LogP contribution in [0.25, 0.3) is 11.0 Å². The van der Waals surface area contributed by atoms with E-state index in [9.17, 15) is 0 Å². The lowest BCUT2D eigenvalue weighted by Crippen LogP contribution is -2.17. The van der Waals surface area contributed by atoms with Crippen molar-refractivity contribution in [1.29, 1.82) is 0 Å². The maximum Gasteiger partial charge on any atom is 0.142 e. The molecule has 1 N–H and O–H groups in total. The normalized spacial score (nSPS) is 13.1. The summed E-state index contributed by atoms with van der Waals surface area (Å²) in [6.45, 7) is 12.1. The van der Waals surface area contributed by atoms with E-state index in [1.54, 1.807) is 0 Å². The number of furan rings is 1. The molecule has 2 aromatic carbocycles. The molecule has 4 rings (SSSR count). The molecule has 1 aliphatic heterocycles. The second-order valence-electron chi connectivity index (χ2n) is 6.27. The van der Waals surface area contributed by atoms with Gasteiger partial charge in [0.1, 0.15) is 23.7 Å². The van der Waals surface area contributed by atoms with Gasteiger partial charge in [-0.15, -0.1) is 0 Å². The molecule has 0 amide bonds. The largest absolute Gasteiger partial charge is 0.490 e. The second kappa shape index (κ2) is 9.91. The number of rotatable bonds is 2. The molecule has 142 valence electrons. The Hall–Kier alpha value is -2.42. The number of anilines is 1. The molecule has 0 saturated heterocycles. The Bertz CT molecular complexity index is 780. The molecule has 3 aromatic rings. The topological polar surface area (TPSA) is 34.4 Å². The average molecular weight is 356 g/mol. The summed E-state index contributed by atoms with van der Waals surface area (Å²) in [7, 11) is 0. The standard InChI is InChI=1S/C12H14O.C9H11NO.C2H6.H2/c1-3-9(2)12-8-10-6-4-5-7-11(10)13-12;1-7-2-3-8-9(6-7)11-5-4-10-8;1-2;/h4-9H,3H2,1-2H3;2-3,6,10H,4-5H2,1H3;1-2H3;1H. The predicted octanol–water partition coefficient (Wildman–Crippen LogP) is 7.02. The fourth-order valence-electron chi connectivity index (χ4n) is 2.69. The Balaban J connectivity index is 0.000000242. The lowest BCUT2D eigenvalue weighted by atomic mass is 10.1. The molecule has 1 aliphatic rings. The van der Waals surface area contributed by atoms with E-state index in [-0.39, 0.29) is 1.43 Å². The van der Waals surface area contributed by atoms with Crippen LogP contribution in [0, 0.1) is 6.92 Å². The number of hydrogen-bond donors (Lipinski definition) is 1. The van der Waals surface area contributed by atoms with Crippen LogP contribution in [0.3, 0.4) is 0 Å². The number of fused-ring (bicyclic) bond motifs is 2. The van der Waals surface area contributed by atoms with Crippen LogP contribution < -0.4 is 10.1 Å². The predicted molar refractivity (Wildman–Crippen MR) is 114 cm³/mol. The van der Waals surface area contributed by atoms with Gasteiger partial charge >= 0.3 is 0 Å². The van der Waals surface area contributed by atoms with Crippen LogP contribution in [0.15, 0.2) is 52.9 Å². The smallest absolute Gasteiger partial charge is 0.142 e. The highest BCUT2D eigenvalue weighted by molar-refractivity contribution is 5.77. The third-order valence-electron chi connectivity index (χ3n) is 4.35. The van der Waals surface area contributed by atoms with Crippen molar-refractivity contribution < 1.29 is 10.6 Å². The maximum absolute atomic E-state index is 5.72. The third-order valence-corrected chi connectivity index (χ3v) is 4.35. The minimum absolute atomic E-state index is 0. The Morgan fingerprint density at radius 1 is 1.12 bits per heavy atom. The molecule has 2 heterocycles. The summed E-state index contributed by atoms with van der Waals surface area (Å²) in [6, 6.07) is 16.5. The van der Waals surface area contributed by atoms with Crippen molar-refractivity contribution in [2.24, 2.45) is 0 Å². The lowest BCUT2D eigenvalue weighted by molar-refractivity contribution is 0.323. The number of para-hydroxylation sites is 1. The molecule has 3 nitrogen and oxygen atoms in total. The summed E-state index contributed by atoms with van der Waals surface area (Å²) in [5.41, 5.74) is 3.35. The zero-order valence-corrected chi connectivity index (χ0v) is 16.6. The van der Waals surface area contributed by atoms with Gasteiger partial charge in [0.05, 0.1) is 5.69 Å². The Morgan fingerprint density at radius 3 is 2.62 bits per heavy atom. The summed E-state index contributed by atoms with van der Waals surface area (Å²) in [5, 5.41) is 4.47. The van der Waals surface area contributed by atoms with Gasteiger partial charge in [-0.2, -0.15) is 0 Å². The highest BCUT2D eigenvalue weighted by Crippen LogP contribution is 2.27. The highest BCUT2D eigenvalue weighted by Gasteiger charge is 2.09. The third kappa shape index (κ3) is 5.04. The van der Waals surface area contributed by atoms with E-state index < -0.39 is 0 Å². The van der Waals surface area contributed by atoms with Crippen molar-refractivity contribution in [2.45, 2.75) is 47.0 Å². The van der Waals surface area contributed by atoms with Crippen molar-refractivity contribution in [3.05, 3.63) is 59.9 Å². The van der Waals surface area contributed by atoms with Crippen LogP contribution in [0.5, 0.6) is 5.75 Å². The van der Waals surface area contributed by atoms with Crippen molar-refractivity contribution >= 4 is 16.7 Å². The van der Waals surface area contributed by atoms with Gasteiger partial charge in [0, 0.05) is 19.3 Å². The van der Waals surface area contributed by atoms with Crippen LogP contribution in [0.1, 0.15) is 52.8 Å². The molecule has 0 bridgehead atoms. The van der Waals surface area contributed by atoms with Crippen molar-refractivity contribution in [2.75, 3.05) is 18.5 Å². The first-order chi connectivity index (χ1) is 12.7. The fourth-order valence-corrected chi connectivity index (χ4v) is 2.69. The van der Waals surface area contributed by atoms with E-state index in [1.165, 1.54) is 10.9 Å². The quantitative estimate of drug-likeness (QED) is 0.536. The van der Waals surface area contributed by atoms with Gasteiger partial charge in [0.2, 0.25) is 0 Å². The van der Waals surface area contributed by atoms with Gasteiger partial charge in [0.15, 0.2) is 0 Å². The Morgan fingerprint density at radius 2 is 1.88 bits per heavy atom. The molecule has 0 fully saturated rings. The maximum atomic E-state index is 5.72. The molecule has 1 aromatic heterocycles. The molecular weight excluding hydrogens is 322 g/mol. The number of aryl methyl sites for hydroxylation is 1. The van der Waals surface area contributed by atoms with Gasteiger partial charge in [-0.3, -0.25) is 0 Å². The van der Waals surface area contributed by atoms with E-state index in [2.05, 4.69) is 56.4 Å². The summed E-state index contributed by atoms with van der Waals surface area (Å²) >= 11 is 0. The van der Waals surface area contributed by atoms with Crippen LogP contribution in [-0.2, 0) is 0 Å². The monoisotopic (exact) mass is 355 g/mol. The van der Waals surface area contributed by atoms with Crippen LogP contribution >= 0.6 is 0 Å². The van der Waals surface area contributed by atoms with Crippen molar-refractivity contribution in [3.8, 4) is 5.75 Å². The molecule has 3 heteroatoms. The first-order valence-corrected chi connectivity index (χ1v) is 9.63. The number of ether oxygens (including phenoxy) is 1. The first-order valence-electron chi connectivity index (χ1n) is 9.63. The van der Waals surface area contributed by atoms with Gasteiger partial charge < -0.3 is 14.5 Å². The lowest BCUT2D eigenvalue weighted by Gasteiger charge is -2.18. The average Bonchev–Trinajstić information content (AvgIpc) is 3.13. The van der Waals surface area contributed by atoms with Crippen LogP contribution in [0.4, 0.5) is 5.69 Å². The van der Waals surface area contributed by atoms with Crippen molar-refractivity contribution in [1.82, 2.24) is 0 Å². The SMILES string of the molecule is CC.CCC(C)c1cc2ccccc2o1.Cc1ccc2c(c1)OCCN2.[HH]. The van der Waals surface area contributed by atoms with E-state index in [0.717, 1.165) is 42.4 Å². The molecule has 26 heavy (non-hydrogen) atoms. The molecular formula is C23H33NO2. The molecule has 0 radical (unpaired) electrons. The molecule has 1 unspecified atom stereocenters. The Labute approximate surface area is 158 Å². The summed E-state index contributed by atoms with van der Waals surface area (Å²) in [4.78, 5) is 0. The zero-order chi connectivity index (χ0) is 18.9. The number of nitrogens with one attached hydrogen (secondary N) is 1. The molecule has 0 aliphatic carbocycles. The minimum atomic E-state index is 0.